The number of hydrogen-bond donors (Lipinski definition) is 1. The van der Waals surface area contributed by atoms with Crippen molar-refractivity contribution in [1.29, 1.82) is 0 Å². The Bertz CT molecular complexity index is 1350. The van der Waals surface area contributed by atoms with E-state index in [2.05, 4.69) is 70.7 Å². The van der Waals surface area contributed by atoms with Crippen LogP contribution in [0, 0.1) is 13.8 Å². The molecule has 0 radical (unpaired) electrons. The van der Waals surface area contributed by atoms with Crippen LogP contribution in [0.5, 0.6) is 5.75 Å². The van der Waals surface area contributed by atoms with Gasteiger partial charge in [0.25, 0.3) is 0 Å². The van der Waals surface area contributed by atoms with E-state index in [-0.39, 0.29) is 6.61 Å². The number of aryl methyl sites for hydroxylation is 2. The number of hydrogen-bond acceptors (Lipinski definition) is 5. The Balaban J connectivity index is 1.19. The van der Waals surface area contributed by atoms with Gasteiger partial charge in [0.1, 0.15) is 24.2 Å². The minimum absolute atomic E-state index is 0.245. The van der Waals surface area contributed by atoms with Crippen molar-refractivity contribution in [3.63, 3.8) is 0 Å². The molecule has 2 heterocycles. The first-order chi connectivity index (χ1) is 19.1. The molecule has 1 N–H and O–H groups in total. The summed E-state index contributed by atoms with van der Waals surface area (Å²) >= 11 is 0. The molecule has 1 saturated heterocycles. The Kier molecular flexibility index (Phi) is 8.71. The number of para-hydroxylation sites is 1. The van der Waals surface area contributed by atoms with Gasteiger partial charge in [-0.3, -0.25) is 4.90 Å². The van der Waals surface area contributed by atoms with Crippen LogP contribution in [0.2, 0.25) is 0 Å². The molecule has 5 rings (SSSR count). The van der Waals surface area contributed by atoms with Crippen LogP contribution in [0.25, 0.3) is 17.7 Å². The zero-order valence-corrected chi connectivity index (χ0v) is 22.7. The highest BCUT2D eigenvalue weighted by Crippen LogP contribution is 2.32. The molecule has 0 spiro atoms. The van der Waals surface area contributed by atoms with E-state index in [9.17, 15) is 5.11 Å². The number of nitrogens with zero attached hydrogens (tertiary/aromatic N) is 2. The van der Waals surface area contributed by atoms with Crippen molar-refractivity contribution in [3.05, 3.63) is 124 Å². The SMILES string of the molecule is Cc1noc(C)c1C=Cc1ccccc1OCC(O)CN1CCC(=C(c2ccccc2)c2ccccc2)CC1. The van der Waals surface area contributed by atoms with Crippen molar-refractivity contribution in [2.75, 3.05) is 26.2 Å². The van der Waals surface area contributed by atoms with Gasteiger partial charge in [0.05, 0.1) is 5.69 Å². The first-order valence-corrected chi connectivity index (χ1v) is 13.6. The summed E-state index contributed by atoms with van der Waals surface area (Å²) < 4.78 is 11.3. The molecule has 39 heavy (non-hydrogen) atoms. The maximum absolute atomic E-state index is 10.8. The van der Waals surface area contributed by atoms with Crippen LogP contribution in [-0.2, 0) is 0 Å². The second kappa shape index (κ2) is 12.7. The molecule has 3 aromatic carbocycles. The van der Waals surface area contributed by atoms with E-state index in [1.165, 1.54) is 22.3 Å². The maximum atomic E-state index is 10.8. The van der Waals surface area contributed by atoms with Crippen LogP contribution >= 0.6 is 0 Å². The van der Waals surface area contributed by atoms with E-state index in [4.69, 9.17) is 9.26 Å². The number of benzene rings is 3. The van der Waals surface area contributed by atoms with Gasteiger partial charge in [-0.1, -0.05) is 95.7 Å². The number of aliphatic hydroxyl groups excluding tert-OH is 1. The monoisotopic (exact) mass is 520 g/mol. The van der Waals surface area contributed by atoms with E-state index in [1.54, 1.807) is 0 Å². The van der Waals surface area contributed by atoms with Crippen LogP contribution in [0.4, 0.5) is 0 Å². The van der Waals surface area contributed by atoms with E-state index in [1.807, 2.05) is 50.3 Å². The Morgan fingerprint density at radius 3 is 2.13 bits per heavy atom. The summed E-state index contributed by atoms with van der Waals surface area (Å²) in [7, 11) is 0. The number of ether oxygens (including phenoxy) is 1. The fraction of sp³-hybridized carbons (Fsp3) is 0.265. The predicted octanol–water partition coefficient (Wildman–Crippen LogP) is 6.80. The fourth-order valence-corrected chi connectivity index (χ4v) is 5.23. The second-order valence-electron chi connectivity index (χ2n) is 10.1. The minimum atomic E-state index is -0.571. The Morgan fingerprint density at radius 2 is 1.51 bits per heavy atom. The van der Waals surface area contributed by atoms with Crippen LogP contribution in [-0.4, -0.2) is 47.5 Å². The Morgan fingerprint density at radius 1 is 0.897 bits per heavy atom. The average Bonchev–Trinajstić information content (AvgIpc) is 3.30. The van der Waals surface area contributed by atoms with E-state index in [0.717, 1.165) is 54.3 Å². The molecule has 1 aliphatic heterocycles. The highest BCUT2D eigenvalue weighted by Gasteiger charge is 2.21. The molecule has 5 nitrogen and oxygen atoms in total. The molecule has 0 aliphatic carbocycles. The molecule has 1 aromatic heterocycles. The van der Waals surface area contributed by atoms with Gasteiger partial charge < -0.3 is 14.4 Å². The van der Waals surface area contributed by atoms with E-state index in [0.29, 0.717) is 6.54 Å². The Hall–Kier alpha value is -3.93. The molecule has 1 fully saturated rings. The molecule has 200 valence electrons. The van der Waals surface area contributed by atoms with Crippen molar-refractivity contribution >= 4 is 17.7 Å². The first-order valence-electron chi connectivity index (χ1n) is 13.6. The summed E-state index contributed by atoms with van der Waals surface area (Å²) in [4.78, 5) is 2.34. The normalized spacial score (nSPS) is 15.0. The molecule has 5 heteroatoms. The number of piperidine rings is 1. The standard InChI is InChI=1S/C34H36N2O3/c1-25-32(26(2)39-35-25)18-17-27-11-9-10-16-33(27)38-24-31(37)23-36-21-19-30(20-22-36)34(28-12-5-3-6-13-28)29-14-7-4-8-15-29/h3-18,31,37H,19-24H2,1-2H3. The number of aliphatic hydroxyl groups is 1. The van der Waals surface area contributed by atoms with Gasteiger partial charge in [0.15, 0.2) is 0 Å². The molecule has 1 atom stereocenters. The molecule has 4 aromatic rings. The third kappa shape index (κ3) is 6.75. The lowest BCUT2D eigenvalue weighted by molar-refractivity contribution is 0.0655. The quantitative estimate of drug-likeness (QED) is 0.263. The number of aromatic nitrogens is 1. The molecule has 0 amide bonds. The van der Waals surface area contributed by atoms with Gasteiger partial charge in [-0.2, -0.15) is 0 Å². The molecule has 0 bridgehead atoms. The van der Waals surface area contributed by atoms with Crippen molar-refractivity contribution in [2.24, 2.45) is 0 Å². The predicted molar refractivity (Wildman–Crippen MR) is 157 cm³/mol. The maximum Gasteiger partial charge on any atom is 0.141 e. The first kappa shape index (κ1) is 26.7. The largest absolute Gasteiger partial charge is 0.490 e. The van der Waals surface area contributed by atoms with Gasteiger partial charge in [0, 0.05) is 30.8 Å². The lowest BCUT2D eigenvalue weighted by atomic mass is 9.88. The van der Waals surface area contributed by atoms with Crippen LogP contribution in [0.15, 0.2) is 95.0 Å². The summed E-state index contributed by atoms with van der Waals surface area (Å²) in [6.07, 6.45) is 5.41. The molecule has 1 aliphatic rings. The second-order valence-corrected chi connectivity index (χ2v) is 10.1. The summed E-state index contributed by atoms with van der Waals surface area (Å²) in [5, 5.41) is 14.8. The lowest BCUT2D eigenvalue weighted by Gasteiger charge is -2.31. The zero-order chi connectivity index (χ0) is 27.0. The van der Waals surface area contributed by atoms with Crippen molar-refractivity contribution < 1.29 is 14.4 Å². The third-order valence-electron chi connectivity index (χ3n) is 7.28. The molecule has 0 saturated carbocycles. The van der Waals surface area contributed by atoms with Gasteiger partial charge in [-0.25, -0.2) is 0 Å². The number of β-amino-alcohol motifs (C(OH)–C–C–N with tert-alkyl or cyclic N) is 1. The zero-order valence-electron chi connectivity index (χ0n) is 22.7. The van der Waals surface area contributed by atoms with Crippen LogP contribution in [0.1, 0.15) is 46.5 Å². The highest BCUT2D eigenvalue weighted by atomic mass is 16.5. The molecule has 1 unspecified atom stereocenters. The smallest absolute Gasteiger partial charge is 0.141 e. The number of likely N-dealkylation sites (tertiary alicyclic amines) is 1. The average molecular weight is 521 g/mol. The highest BCUT2D eigenvalue weighted by molar-refractivity contribution is 5.82. The van der Waals surface area contributed by atoms with Crippen LogP contribution in [0.3, 0.4) is 0 Å². The lowest BCUT2D eigenvalue weighted by Crippen LogP contribution is -2.39. The molecular weight excluding hydrogens is 484 g/mol. The summed E-state index contributed by atoms with van der Waals surface area (Å²) in [6.45, 7) is 6.52. The van der Waals surface area contributed by atoms with Gasteiger partial charge >= 0.3 is 0 Å². The summed E-state index contributed by atoms with van der Waals surface area (Å²) in [5.74, 6) is 1.54. The Labute approximate surface area is 231 Å². The molecular formula is C34H36N2O3. The van der Waals surface area contributed by atoms with Gasteiger partial charge in [-0.15, -0.1) is 0 Å². The number of rotatable bonds is 9. The topological polar surface area (TPSA) is 58.7 Å². The van der Waals surface area contributed by atoms with Crippen molar-refractivity contribution in [3.8, 4) is 5.75 Å². The van der Waals surface area contributed by atoms with Gasteiger partial charge in [-0.05, 0) is 55.5 Å². The summed E-state index contributed by atoms with van der Waals surface area (Å²) in [6, 6.07) is 29.2. The van der Waals surface area contributed by atoms with Crippen molar-refractivity contribution in [1.82, 2.24) is 10.1 Å². The fourth-order valence-electron chi connectivity index (χ4n) is 5.23. The van der Waals surface area contributed by atoms with E-state index < -0.39 is 6.10 Å². The van der Waals surface area contributed by atoms with Crippen molar-refractivity contribution in [2.45, 2.75) is 32.8 Å². The third-order valence-corrected chi connectivity index (χ3v) is 7.28. The van der Waals surface area contributed by atoms with Gasteiger partial charge in [0.2, 0.25) is 0 Å². The minimum Gasteiger partial charge on any atom is -0.490 e. The summed E-state index contributed by atoms with van der Waals surface area (Å²) in [5.41, 5.74) is 8.15. The van der Waals surface area contributed by atoms with Crippen LogP contribution < -0.4 is 4.74 Å². The van der Waals surface area contributed by atoms with E-state index >= 15 is 0 Å².